The maximum absolute atomic E-state index is 13.2. The first-order chi connectivity index (χ1) is 6.97. The van der Waals surface area contributed by atoms with Crippen LogP contribution in [0.2, 0.25) is 0 Å². The Bertz CT molecular complexity index is 290. The van der Waals surface area contributed by atoms with Gasteiger partial charge in [0.1, 0.15) is 0 Å². The maximum atomic E-state index is 13.2. The van der Waals surface area contributed by atoms with Crippen LogP contribution in [0.25, 0.3) is 0 Å². The second-order valence-electron chi connectivity index (χ2n) is 3.47. The Kier molecular flexibility index (Phi) is 2.70. The largest absolute Gasteiger partial charge is 0.396 e. The van der Waals surface area contributed by atoms with E-state index in [4.69, 9.17) is 5.11 Å². The summed E-state index contributed by atoms with van der Waals surface area (Å²) in [6.45, 7) is -1.46. The Morgan fingerprint density at radius 3 is 1.56 bits per heavy atom. The van der Waals surface area contributed by atoms with Crippen molar-refractivity contribution in [3.8, 4) is 0 Å². The van der Waals surface area contributed by atoms with Gasteiger partial charge in [-0.05, 0) is 0 Å². The fourth-order valence-corrected chi connectivity index (χ4v) is 1.52. The van der Waals surface area contributed by atoms with Gasteiger partial charge in [-0.2, -0.15) is 26.3 Å². The van der Waals surface area contributed by atoms with Crippen molar-refractivity contribution in [3.05, 3.63) is 0 Å². The van der Waals surface area contributed by atoms with Crippen molar-refractivity contribution in [3.63, 3.8) is 0 Å². The van der Waals surface area contributed by atoms with Gasteiger partial charge in [0.15, 0.2) is 0 Å². The minimum atomic E-state index is -6.14. The standard InChI is InChI=1S/C7H6F8O/c8-3-4(9,1-2-16)6(12,13)7(14,15)5(3,10)11/h3,16H,1-2H2. The van der Waals surface area contributed by atoms with Crippen molar-refractivity contribution < 1.29 is 40.2 Å². The number of hydrogen-bond donors (Lipinski definition) is 1. The SMILES string of the molecule is OCCC1(F)C(F)C(F)(F)C(F)(F)C1(F)F. The second-order valence-corrected chi connectivity index (χ2v) is 3.47. The quantitative estimate of drug-likeness (QED) is 0.754. The Morgan fingerprint density at radius 1 is 0.875 bits per heavy atom. The van der Waals surface area contributed by atoms with Crippen molar-refractivity contribution >= 4 is 0 Å². The Morgan fingerprint density at radius 2 is 1.31 bits per heavy atom. The van der Waals surface area contributed by atoms with E-state index < -0.39 is 42.6 Å². The molecule has 1 aliphatic rings. The monoisotopic (exact) mass is 258 g/mol. The third kappa shape index (κ3) is 1.15. The van der Waals surface area contributed by atoms with E-state index in [0.717, 1.165) is 0 Å². The highest BCUT2D eigenvalue weighted by molar-refractivity contribution is 5.22. The summed E-state index contributed by atoms with van der Waals surface area (Å²) in [5.41, 5.74) is -4.78. The molecule has 1 fully saturated rings. The van der Waals surface area contributed by atoms with Crippen molar-refractivity contribution in [2.24, 2.45) is 0 Å². The average molecular weight is 258 g/mol. The van der Waals surface area contributed by atoms with Crippen LogP contribution in [0.1, 0.15) is 6.42 Å². The van der Waals surface area contributed by atoms with E-state index in [1.54, 1.807) is 0 Å². The summed E-state index contributed by atoms with van der Waals surface area (Å²) in [5.74, 6) is -17.8. The normalized spacial score (nSPS) is 39.9. The lowest BCUT2D eigenvalue weighted by Crippen LogP contribution is -2.52. The van der Waals surface area contributed by atoms with Gasteiger partial charge in [-0.3, -0.25) is 0 Å². The van der Waals surface area contributed by atoms with Crippen LogP contribution in [0.3, 0.4) is 0 Å². The van der Waals surface area contributed by atoms with E-state index in [2.05, 4.69) is 0 Å². The van der Waals surface area contributed by atoms with Gasteiger partial charge in [-0.1, -0.05) is 0 Å². The van der Waals surface area contributed by atoms with Gasteiger partial charge < -0.3 is 5.11 Å². The van der Waals surface area contributed by atoms with Crippen LogP contribution in [0.5, 0.6) is 0 Å². The van der Waals surface area contributed by atoms with E-state index in [9.17, 15) is 35.1 Å². The topological polar surface area (TPSA) is 20.2 Å². The van der Waals surface area contributed by atoms with Crippen LogP contribution in [0.15, 0.2) is 0 Å². The van der Waals surface area contributed by atoms with E-state index >= 15 is 0 Å². The molecule has 1 rings (SSSR count). The van der Waals surface area contributed by atoms with Gasteiger partial charge in [-0.15, -0.1) is 0 Å². The van der Waals surface area contributed by atoms with Crippen LogP contribution in [-0.2, 0) is 0 Å². The molecule has 0 amide bonds. The summed E-state index contributed by atoms with van der Waals surface area (Å²) >= 11 is 0. The summed E-state index contributed by atoms with van der Waals surface area (Å²) in [4.78, 5) is 0. The van der Waals surface area contributed by atoms with Gasteiger partial charge in [-0.25, -0.2) is 8.78 Å². The van der Waals surface area contributed by atoms with Crippen molar-refractivity contribution in [2.75, 3.05) is 6.61 Å². The molecule has 2 unspecified atom stereocenters. The summed E-state index contributed by atoms with van der Waals surface area (Å²) in [7, 11) is 0. The molecule has 1 aliphatic carbocycles. The third-order valence-electron chi connectivity index (χ3n) is 2.53. The number of rotatable bonds is 2. The third-order valence-corrected chi connectivity index (χ3v) is 2.53. The van der Waals surface area contributed by atoms with E-state index in [1.807, 2.05) is 0 Å². The molecule has 9 heteroatoms. The Hall–Kier alpha value is -0.600. The molecule has 1 N–H and O–H groups in total. The first-order valence-electron chi connectivity index (χ1n) is 4.04. The molecule has 0 spiro atoms. The molecule has 1 nitrogen and oxygen atoms in total. The number of halogens is 8. The Labute approximate surface area is 84.0 Å². The number of alkyl halides is 8. The van der Waals surface area contributed by atoms with Crippen molar-refractivity contribution in [2.45, 2.75) is 36.0 Å². The van der Waals surface area contributed by atoms with E-state index in [-0.39, 0.29) is 0 Å². The summed E-state index contributed by atoms with van der Waals surface area (Å²) in [6, 6.07) is 0. The van der Waals surface area contributed by atoms with Crippen LogP contribution in [0, 0.1) is 0 Å². The smallest absolute Gasteiger partial charge is 0.378 e. The molecule has 0 aromatic heterocycles. The molecule has 96 valence electrons. The fourth-order valence-electron chi connectivity index (χ4n) is 1.52. The highest BCUT2D eigenvalue weighted by Crippen LogP contribution is 2.64. The molecule has 0 aromatic carbocycles. The minimum Gasteiger partial charge on any atom is -0.396 e. The molecule has 0 aromatic rings. The maximum Gasteiger partial charge on any atom is 0.378 e. The zero-order chi connectivity index (χ0) is 13.0. The minimum absolute atomic E-state index is 1.46. The molecular formula is C7H6F8O. The lowest BCUT2D eigenvalue weighted by molar-refractivity contribution is -0.289. The van der Waals surface area contributed by atoms with Crippen LogP contribution >= 0.6 is 0 Å². The number of aliphatic hydroxyl groups excluding tert-OH is 1. The summed E-state index contributed by atoms with van der Waals surface area (Å²) in [6.07, 6.45) is -6.22. The van der Waals surface area contributed by atoms with Crippen molar-refractivity contribution in [1.29, 1.82) is 0 Å². The predicted octanol–water partition coefficient (Wildman–Crippen LogP) is 2.33. The second kappa shape index (κ2) is 3.21. The van der Waals surface area contributed by atoms with Gasteiger partial charge >= 0.3 is 17.8 Å². The molecule has 0 aliphatic heterocycles. The summed E-state index contributed by atoms with van der Waals surface area (Å²) < 4.78 is 101. The van der Waals surface area contributed by atoms with Crippen molar-refractivity contribution in [1.82, 2.24) is 0 Å². The highest BCUT2D eigenvalue weighted by Gasteiger charge is 2.92. The lowest BCUT2D eigenvalue weighted by Gasteiger charge is -2.28. The molecular weight excluding hydrogens is 252 g/mol. The zero-order valence-electron chi connectivity index (χ0n) is 7.46. The molecule has 0 heterocycles. The van der Waals surface area contributed by atoms with Gasteiger partial charge in [0, 0.05) is 13.0 Å². The number of aliphatic hydroxyl groups is 1. The fraction of sp³-hybridized carbons (Fsp3) is 1.00. The first-order valence-corrected chi connectivity index (χ1v) is 4.04. The zero-order valence-corrected chi connectivity index (χ0v) is 7.46. The van der Waals surface area contributed by atoms with Gasteiger partial charge in [0.05, 0.1) is 0 Å². The molecule has 16 heavy (non-hydrogen) atoms. The molecule has 1 saturated carbocycles. The number of hydrogen-bond acceptors (Lipinski definition) is 1. The molecule has 0 bridgehead atoms. The molecule has 2 atom stereocenters. The van der Waals surface area contributed by atoms with Gasteiger partial charge in [0.25, 0.3) is 0 Å². The first kappa shape index (κ1) is 13.5. The van der Waals surface area contributed by atoms with Crippen LogP contribution in [-0.4, -0.2) is 41.3 Å². The Balaban J connectivity index is 3.35. The predicted molar refractivity (Wildman–Crippen MR) is 35.3 cm³/mol. The van der Waals surface area contributed by atoms with E-state index in [0.29, 0.717) is 0 Å². The average Bonchev–Trinajstić information content (AvgIpc) is 2.20. The van der Waals surface area contributed by atoms with Crippen LogP contribution < -0.4 is 0 Å². The highest BCUT2D eigenvalue weighted by atomic mass is 19.4. The summed E-state index contributed by atoms with van der Waals surface area (Å²) in [5, 5.41) is 8.15. The lowest BCUT2D eigenvalue weighted by atomic mass is 9.95. The molecule has 0 saturated heterocycles. The van der Waals surface area contributed by atoms with Crippen LogP contribution in [0.4, 0.5) is 35.1 Å². The molecule has 0 radical (unpaired) electrons. The van der Waals surface area contributed by atoms with Gasteiger partial charge in [0.2, 0.25) is 11.8 Å². The van der Waals surface area contributed by atoms with E-state index in [1.165, 1.54) is 0 Å².